The zero-order chi connectivity index (χ0) is 21.0. The number of hydrogen-bond acceptors (Lipinski definition) is 5. The van der Waals surface area contributed by atoms with E-state index in [1.165, 1.54) is 7.11 Å². The minimum Gasteiger partial charge on any atom is -0.465 e. The number of ether oxygens (including phenoxy) is 1. The van der Waals surface area contributed by atoms with E-state index in [0.717, 1.165) is 23.4 Å². The van der Waals surface area contributed by atoms with E-state index in [4.69, 9.17) is 9.26 Å². The van der Waals surface area contributed by atoms with E-state index in [1.807, 2.05) is 36.4 Å². The van der Waals surface area contributed by atoms with Gasteiger partial charge in [-0.15, -0.1) is 0 Å². The zero-order valence-corrected chi connectivity index (χ0v) is 17.1. The molecule has 152 valence electrons. The second kappa shape index (κ2) is 8.77. The lowest BCUT2D eigenvalue weighted by Crippen LogP contribution is -2.29. The van der Waals surface area contributed by atoms with Crippen molar-refractivity contribution >= 4 is 11.9 Å². The number of aromatic nitrogens is 2. The third kappa shape index (κ3) is 4.39. The molecule has 1 aromatic carbocycles. The highest BCUT2D eigenvalue weighted by atomic mass is 16.5. The largest absolute Gasteiger partial charge is 0.465 e. The molecular formula is C22H25N3O4. The van der Waals surface area contributed by atoms with E-state index < -0.39 is 5.97 Å². The summed E-state index contributed by atoms with van der Waals surface area (Å²) in [4.78, 5) is 29.3. The standard InChI is InChI=1S/C22H25N3O4/c1-14-19(22(27)28-4)15(2)23-20(14)21(26)25(3)12-8-11-17-13-18(24-29-17)16-9-6-5-7-10-16/h5-7,9-10,13,23H,8,11-12H2,1-4H3. The number of aromatic amines is 1. The summed E-state index contributed by atoms with van der Waals surface area (Å²) in [6, 6.07) is 11.8. The minimum absolute atomic E-state index is 0.164. The topological polar surface area (TPSA) is 88.4 Å². The molecule has 0 aliphatic heterocycles. The van der Waals surface area contributed by atoms with Crippen molar-refractivity contribution in [3.05, 3.63) is 64.7 Å². The van der Waals surface area contributed by atoms with Gasteiger partial charge >= 0.3 is 5.97 Å². The van der Waals surface area contributed by atoms with Gasteiger partial charge in [-0.1, -0.05) is 35.5 Å². The summed E-state index contributed by atoms with van der Waals surface area (Å²) in [5.41, 5.74) is 3.87. The summed E-state index contributed by atoms with van der Waals surface area (Å²) in [7, 11) is 3.07. The normalized spacial score (nSPS) is 10.8. The van der Waals surface area contributed by atoms with Crippen LogP contribution in [0.25, 0.3) is 11.3 Å². The summed E-state index contributed by atoms with van der Waals surface area (Å²) >= 11 is 0. The molecule has 2 aromatic heterocycles. The molecule has 1 N–H and O–H groups in total. The maximum atomic E-state index is 12.8. The molecule has 0 fully saturated rings. The number of amides is 1. The molecule has 3 rings (SSSR count). The van der Waals surface area contributed by atoms with Crippen LogP contribution in [0.2, 0.25) is 0 Å². The highest BCUT2D eigenvalue weighted by molar-refractivity contribution is 6.00. The predicted octanol–water partition coefficient (Wildman–Crippen LogP) is 3.78. The smallest absolute Gasteiger partial charge is 0.339 e. The van der Waals surface area contributed by atoms with Gasteiger partial charge in [0.1, 0.15) is 17.1 Å². The third-order valence-electron chi connectivity index (χ3n) is 4.93. The Kier molecular flexibility index (Phi) is 6.16. The number of aryl methyl sites for hydroxylation is 2. The third-order valence-corrected chi connectivity index (χ3v) is 4.93. The van der Waals surface area contributed by atoms with Crippen LogP contribution in [0.4, 0.5) is 0 Å². The van der Waals surface area contributed by atoms with Crippen molar-refractivity contribution < 1.29 is 18.8 Å². The molecule has 7 nitrogen and oxygen atoms in total. The summed E-state index contributed by atoms with van der Waals surface area (Å²) in [5.74, 6) is 0.172. The molecule has 0 saturated heterocycles. The van der Waals surface area contributed by atoms with Crippen LogP contribution in [0.3, 0.4) is 0 Å². The fourth-order valence-electron chi connectivity index (χ4n) is 3.33. The van der Waals surface area contributed by atoms with E-state index in [1.54, 1.807) is 25.8 Å². The van der Waals surface area contributed by atoms with E-state index in [9.17, 15) is 9.59 Å². The van der Waals surface area contributed by atoms with Gasteiger partial charge in [-0.25, -0.2) is 4.79 Å². The molecule has 0 aliphatic carbocycles. The van der Waals surface area contributed by atoms with Crippen molar-refractivity contribution in [1.82, 2.24) is 15.0 Å². The first-order chi connectivity index (χ1) is 13.9. The van der Waals surface area contributed by atoms with Crippen molar-refractivity contribution in [1.29, 1.82) is 0 Å². The average Bonchev–Trinajstić information content (AvgIpc) is 3.31. The zero-order valence-electron chi connectivity index (χ0n) is 17.1. The van der Waals surface area contributed by atoms with E-state index in [-0.39, 0.29) is 5.91 Å². The number of hydrogen-bond donors (Lipinski definition) is 1. The van der Waals surface area contributed by atoms with Gasteiger partial charge in [-0.3, -0.25) is 4.79 Å². The molecule has 0 bridgehead atoms. The molecule has 0 aliphatic rings. The van der Waals surface area contributed by atoms with Crippen LogP contribution in [0, 0.1) is 13.8 Å². The number of methoxy groups -OCH3 is 1. The Bertz CT molecular complexity index is 1000. The van der Waals surface area contributed by atoms with Gasteiger partial charge in [0.2, 0.25) is 0 Å². The van der Waals surface area contributed by atoms with Gasteiger partial charge in [-0.05, 0) is 25.8 Å². The number of nitrogens with one attached hydrogen (secondary N) is 1. The van der Waals surface area contributed by atoms with Crippen LogP contribution in [-0.4, -0.2) is 47.6 Å². The second-order valence-electron chi connectivity index (χ2n) is 6.99. The van der Waals surface area contributed by atoms with Gasteiger partial charge < -0.3 is 19.1 Å². The molecule has 29 heavy (non-hydrogen) atoms. The highest BCUT2D eigenvalue weighted by Crippen LogP contribution is 2.21. The number of esters is 1. The SMILES string of the molecule is COC(=O)c1c(C)[nH]c(C(=O)N(C)CCCc2cc(-c3ccccc3)no2)c1C. The average molecular weight is 395 g/mol. The Morgan fingerprint density at radius 3 is 2.62 bits per heavy atom. The lowest BCUT2D eigenvalue weighted by Gasteiger charge is -2.16. The second-order valence-corrected chi connectivity index (χ2v) is 6.99. The van der Waals surface area contributed by atoms with Gasteiger partial charge in [-0.2, -0.15) is 0 Å². The Morgan fingerprint density at radius 2 is 1.93 bits per heavy atom. The maximum absolute atomic E-state index is 12.8. The van der Waals surface area contributed by atoms with Crippen molar-refractivity contribution in [2.45, 2.75) is 26.7 Å². The van der Waals surface area contributed by atoms with Crippen LogP contribution >= 0.6 is 0 Å². The van der Waals surface area contributed by atoms with Crippen LogP contribution in [0.15, 0.2) is 40.9 Å². The molecule has 7 heteroatoms. The monoisotopic (exact) mass is 395 g/mol. The van der Waals surface area contributed by atoms with Crippen LogP contribution in [0.5, 0.6) is 0 Å². The van der Waals surface area contributed by atoms with Gasteiger partial charge in [0, 0.05) is 37.3 Å². The van der Waals surface area contributed by atoms with Crippen molar-refractivity contribution in [2.24, 2.45) is 0 Å². The summed E-state index contributed by atoms with van der Waals surface area (Å²) < 4.78 is 10.2. The number of carbonyl (C=O) groups excluding carboxylic acids is 2. The first kappa shape index (κ1) is 20.4. The Hall–Kier alpha value is -3.35. The van der Waals surface area contributed by atoms with Crippen molar-refractivity contribution in [3.63, 3.8) is 0 Å². The first-order valence-electron chi connectivity index (χ1n) is 9.46. The fraction of sp³-hybridized carbons (Fsp3) is 0.318. The molecular weight excluding hydrogens is 370 g/mol. The molecule has 0 spiro atoms. The fourth-order valence-corrected chi connectivity index (χ4v) is 3.33. The molecule has 1 amide bonds. The van der Waals surface area contributed by atoms with Gasteiger partial charge in [0.25, 0.3) is 5.91 Å². The van der Waals surface area contributed by atoms with Crippen molar-refractivity contribution in [3.8, 4) is 11.3 Å². The number of nitrogens with zero attached hydrogens (tertiary/aromatic N) is 2. The Balaban J connectivity index is 1.59. The molecule has 0 saturated carbocycles. The van der Waals surface area contributed by atoms with Crippen molar-refractivity contribution in [2.75, 3.05) is 20.7 Å². The number of carbonyl (C=O) groups is 2. The van der Waals surface area contributed by atoms with Gasteiger partial charge in [0.05, 0.1) is 12.7 Å². The van der Waals surface area contributed by atoms with Crippen LogP contribution < -0.4 is 0 Å². The molecule has 2 heterocycles. The summed E-state index contributed by atoms with van der Waals surface area (Å²) in [6.07, 6.45) is 1.40. The summed E-state index contributed by atoms with van der Waals surface area (Å²) in [5, 5.41) is 4.11. The predicted molar refractivity (Wildman–Crippen MR) is 109 cm³/mol. The Labute approximate surface area is 169 Å². The molecule has 0 radical (unpaired) electrons. The highest BCUT2D eigenvalue weighted by Gasteiger charge is 2.24. The summed E-state index contributed by atoms with van der Waals surface area (Å²) in [6.45, 7) is 4.05. The lowest BCUT2D eigenvalue weighted by molar-refractivity contribution is 0.0599. The minimum atomic E-state index is -0.447. The number of benzene rings is 1. The van der Waals surface area contributed by atoms with Gasteiger partial charge in [0.15, 0.2) is 0 Å². The van der Waals surface area contributed by atoms with E-state index in [2.05, 4.69) is 10.1 Å². The molecule has 3 aromatic rings. The Morgan fingerprint density at radius 1 is 1.21 bits per heavy atom. The van der Waals surface area contributed by atoms with Crippen LogP contribution in [0.1, 0.15) is 44.3 Å². The molecule has 0 unspecified atom stereocenters. The number of H-pyrrole nitrogens is 1. The molecule has 0 atom stereocenters. The number of rotatable bonds is 7. The first-order valence-corrected chi connectivity index (χ1v) is 9.46. The lowest BCUT2D eigenvalue weighted by atomic mass is 10.1. The quantitative estimate of drug-likeness (QED) is 0.615. The van der Waals surface area contributed by atoms with E-state index >= 15 is 0 Å². The van der Waals surface area contributed by atoms with E-state index in [0.29, 0.717) is 35.5 Å². The van der Waals surface area contributed by atoms with Crippen LogP contribution in [-0.2, 0) is 11.2 Å². The maximum Gasteiger partial charge on any atom is 0.339 e.